The maximum Gasteiger partial charge on any atom is 0.338 e. The lowest BCUT2D eigenvalue weighted by molar-refractivity contribution is -0.139. The molecular formula is C31H25FN2O6S. The summed E-state index contributed by atoms with van der Waals surface area (Å²) in [4.78, 5) is 31.7. The molecule has 1 aromatic heterocycles. The summed E-state index contributed by atoms with van der Waals surface area (Å²) in [6, 6.07) is 18.0. The van der Waals surface area contributed by atoms with Crippen molar-refractivity contribution in [3.8, 4) is 17.2 Å². The number of aromatic nitrogens is 1. The summed E-state index contributed by atoms with van der Waals surface area (Å²) < 4.78 is 37.6. The number of benzene rings is 3. The van der Waals surface area contributed by atoms with Gasteiger partial charge in [0.15, 0.2) is 16.3 Å². The SMILES string of the molecule is CCOC(=O)C1=C(C)N=c2sc(=Cc3ccc(OCc4ccc5c(c4)OCO5)cc3)c(=O)n2[C@H]1c1ccc(F)cc1. The quantitative estimate of drug-likeness (QED) is 0.308. The second-order valence-electron chi connectivity index (χ2n) is 9.40. The van der Waals surface area contributed by atoms with Gasteiger partial charge in [-0.25, -0.2) is 14.2 Å². The van der Waals surface area contributed by atoms with Crippen LogP contribution in [-0.4, -0.2) is 23.9 Å². The van der Waals surface area contributed by atoms with Crippen LogP contribution >= 0.6 is 11.3 Å². The summed E-state index contributed by atoms with van der Waals surface area (Å²) >= 11 is 1.23. The molecule has 0 bridgehead atoms. The number of ether oxygens (including phenoxy) is 4. The van der Waals surface area contributed by atoms with Crippen LogP contribution in [0.15, 0.2) is 87.8 Å². The molecule has 2 aliphatic heterocycles. The van der Waals surface area contributed by atoms with E-state index in [1.165, 1.54) is 28.0 Å². The normalized spacial score (nSPS) is 15.9. The van der Waals surface area contributed by atoms with Crippen molar-refractivity contribution < 1.29 is 28.1 Å². The van der Waals surface area contributed by atoms with Crippen LogP contribution in [-0.2, 0) is 16.1 Å². The van der Waals surface area contributed by atoms with Crippen molar-refractivity contribution in [3.05, 3.63) is 120 Å². The lowest BCUT2D eigenvalue weighted by atomic mass is 9.96. The molecule has 8 nitrogen and oxygen atoms in total. The Morgan fingerprint density at radius 2 is 1.85 bits per heavy atom. The van der Waals surface area contributed by atoms with Gasteiger partial charge < -0.3 is 18.9 Å². The second-order valence-corrected chi connectivity index (χ2v) is 10.4. The first-order valence-electron chi connectivity index (χ1n) is 13.0. The molecule has 4 aromatic rings. The zero-order valence-electron chi connectivity index (χ0n) is 22.3. The lowest BCUT2D eigenvalue weighted by Crippen LogP contribution is -2.39. The topological polar surface area (TPSA) is 88.4 Å². The van der Waals surface area contributed by atoms with E-state index in [0.29, 0.717) is 38.7 Å². The van der Waals surface area contributed by atoms with Crippen LogP contribution in [0, 0.1) is 5.82 Å². The molecule has 0 radical (unpaired) electrons. The predicted octanol–water partition coefficient (Wildman–Crippen LogP) is 4.25. The highest BCUT2D eigenvalue weighted by Gasteiger charge is 2.33. The van der Waals surface area contributed by atoms with Crippen molar-refractivity contribution in [2.45, 2.75) is 26.5 Å². The van der Waals surface area contributed by atoms with Gasteiger partial charge in [0.25, 0.3) is 5.56 Å². The minimum absolute atomic E-state index is 0.173. The zero-order chi connectivity index (χ0) is 28.5. The number of hydrogen-bond donors (Lipinski definition) is 0. The Morgan fingerprint density at radius 1 is 1.10 bits per heavy atom. The van der Waals surface area contributed by atoms with Crippen molar-refractivity contribution in [1.82, 2.24) is 4.57 Å². The monoisotopic (exact) mass is 572 g/mol. The van der Waals surface area contributed by atoms with Crippen molar-refractivity contribution >= 4 is 23.4 Å². The highest BCUT2D eigenvalue weighted by Crippen LogP contribution is 2.33. The summed E-state index contributed by atoms with van der Waals surface area (Å²) in [6.07, 6.45) is 1.77. The van der Waals surface area contributed by atoms with Gasteiger partial charge in [0.2, 0.25) is 6.79 Å². The fourth-order valence-electron chi connectivity index (χ4n) is 4.76. The third-order valence-electron chi connectivity index (χ3n) is 6.72. The zero-order valence-corrected chi connectivity index (χ0v) is 23.1. The average Bonchev–Trinajstić information content (AvgIpc) is 3.56. The fraction of sp³-hybridized carbons (Fsp3) is 0.194. The number of esters is 1. The first-order valence-corrected chi connectivity index (χ1v) is 13.8. The minimum atomic E-state index is -0.792. The molecular weight excluding hydrogens is 547 g/mol. The molecule has 6 rings (SSSR count). The number of carbonyl (C=O) groups is 1. The lowest BCUT2D eigenvalue weighted by Gasteiger charge is -2.24. The van der Waals surface area contributed by atoms with Crippen molar-refractivity contribution in [1.29, 1.82) is 0 Å². The molecule has 3 aromatic carbocycles. The molecule has 208 valence electrons. The number of hydrogen-bond acceptors (Lipinski definition) is 8. The number of carbonyl (C=O) groups excluding carboxylic acids is 1. The van der Waals surface area contributed by atoms with Crippen LogP contribution in [0.5, 0.6) is 17.2 Å². The molecule has 0 spiro atoms. The molecule has 0 fully saturated rings. The molecule has 0 saturated heterocycles. The molecule has 3 heterocycles. The molecule has 0 N–H and O–H groups in total. The minimum Gasteiger partial charge on any atom is -0.489 e. The maximum absolute atomic E-state index is 13.7. The van der Waals surface area contributed by atoms with Crippen LogP contribution < -0.4 is 29.1 Å². The van der Waals surface area contributed by atoms with Gasteiger partial charge in [-0.05, 0) is 73.0 Å². The van der Waals surface area contributed by atoms with Crippen LogP contribution in [0.3, 0.4) is 0 Å². The Bertz CT molecular complexity index is 1840. The highest BCUT2D eigenvalue weighted by atomic mass is 32.1. The van der Waals surface area contributed by atoms with Crippen molar-refractivity contribution in [2.24, 2.45) is 4.99 Å². The third-order valence-corrected chi connectivity index (χ3v) is 7.71. The first kappa shape index (κ1) is 26.5. The summed E-state index contributed by atoms with van der Waals surface area (Å²) in [6.45, 7) is 4.18. The molecule has 1 atom stereocenters. The number of nitrogens with zero attached hydrogens (tertiary/aromatic N) is 2. The van der Waals surface area contributed by atoms with Crippen molar-refractivity contribution in [3.63, 3.8) is 0 Å². The van der Waals surface area contributed by atoms with Gasteiger partial charge in [-0.3, -0.25) is 9.36 Å². The smallest absolute Gasteiger partial charge is 0.338 e. The number of allylic oxidation sites excluding steroid dienone is 1. The standard InChI is InChI=1S/C31H25FN2O6S/c1-3-37-30(36)27-18(2)33-31-34(28(27)21-7-9-22(32)10-8-21)29(35)26(41-31)15-19-4-11-23(12-5-19)38-16-20-6-13-24-25(14-20)40-17-39-24/h4-15,28H,3,16-17H2,1-2H3/t28-/m0/s1. The van der Waals surface area contributed by atoms with Gasteiger partial charge in [0, 0.05) is 0 Å². The van der Waals surface area contributed by atoms with Gasteiger partial charge in [-0.15, -0.1) is 0 Å². The number of rotatable bonds is 7. The van der Waals surface area contributed by atoms with Gasteiger partial charge in [0.05, 0.1) is 28.5 Å². The van der Waals surface area contributed by atoms with E-state index < -0.39 is 17.8 Å². The Hall–Kier alpha value is -4.70. The van der Waals surface area contributed by atoms with E-state index in [2.05, 4.69) is 4.99 Å². The van der Waals surface area contributed by atoms with Crippen LogP contribution in [0.4, 0.5) is 4.39 Å². The van der Waals surface area contributed by atoms with E-state index in [1.54, 1.807) is 32.1 Å². The first-order chi connectivity index (χ1) is 19.9. The van der Waals surface area contributed by atoms with E-state index in [0.717, 1.165) is 16.9 Å². The van der Waals surface area contributed by atoms with Gasteiger partial charge >= 0.3 is 5.97 Å². The molecule has 2 aliphatic rings. The summed E-state index contributed by atoms with van der Waals surface area (Å²) in [5, 5.41) is 0. The Balaban J connectivity index is 1.29. The average molecular weight is 573 g/mol. The highest BCUT2D eigenvalue weighted by molar-refractivity contribution is 7.07. The Kier molecular flexibility index (Phi) is 7.15. The van der Waals surface area contributed by atoms with Crippen molar-refractivity contribution in [2.75, 3.05) is 13.4 Å². The fourth-order valence-corrected chi connectivity index (χ4v) is 5.81. The maximum atomic E-state index is 13.7. The van der Waals surface area contributed by atoms with Gasteiger partial charge in [0.1, 0.15) is 18.2 Å². The van der Waals surface area contributed by atoms with E-state index in [-0.39, 0.29) is 24.5 Å². The molecule has 0 unspecified atom stereocenters. The number of thiazole rings is 1. The summed E-state index contributed by atoms with van der Waals surface area (Å²) in [5.74, 6) is 1.12. The molecule has 0 aliphatic carbocycles. The van der Waals surface area contributed by atoms with E-state index in [4.69, 9.17) is 18.9 Å². The van der Waals surface area contributed by atoms with Gasteiger partial charge in [-0.1, -0.05) is 41.7 Å². The van der Waals surface area contributed by atoms with E-state index >= 15 is 0 Å². The van der Waals surface area contributed by atoms with Crippen LogP contribution in [0.2, 0.25) is 0 Å². The Morgan fingerprint density at radius 3 is 2.61 bits per heavy atom. The summed E-state index contributed by atoms with van der Waals surface area (Å²) in [7, 11) is 0. The summed E-state index contributed by atoms with van der Waals surface area (Å²) in [5.41, 5.74) is 2.73. The number of fused-ring (bicyclic) bond motifs is 2. The molecule has 0 amide bonds. The predicted molar refractivity (Wildman–Crippen MR) is 150 cm³/mol. The Labute approximate surface area is 238 Å². The van der Waals surface area contributed by atoms with Crippen LogP contribution in [0.25, 0.3) is 6.08 Å². The van der Waals surface area contributed by atoms with E-state index in [1.807, 2.05) is 42.5 Å². The third kappa shape index (κ3) is 5.26. The second kappa shape index (κ2) is 11.1. The van der Waals surface area contributed by atoms with E-state index in [9.17, 15) is 14.0 Å². The molecule has 41 heavy (non-hydrogen) atoms. The molecule has 0 saturated carbocycles. The number of halogens is 1. The molecule has 10 heteroatoms. The van der Waals surface area contributed by atoms with Gasteiger partial charge in [-0.2, -0.15) is 0 Å². The largest absolute Gasteiger partial charge is 0.489 e. The van der Waals surface area contributed by atoms with Crippen LogP contribution in [0.1, 0.15) is 36.6 Å².